The lowest BCUT2D eigenvalue weighted by Gasteiger charge is -2.34. The van der Waals surface area contributed by atoms with Gasteiger partial charge in [0.2, 0.25) is 0 Å². The summed E-state index contributed by atoms with van der Waals surface area (Å²) in [4.78, 5) is 17.4. The lowest BCUT2D eigenvalue weighted by Crippen LogP contribution is -2.41. The van der Waals surface area contributed by atoms with Gasteiger partial charge in [-0.2, -0.15) is 5.10 Å². The molecule has 2 fully saturated rings. The highest BCUT2D eigenvalue weighted by Gasteiger charge is 2.24. The second kappa shape index (κ2) is 9.62. The summed E-state index contributed by atoms with van der Waals surface area (Å²) in [7, 11) is 0. The van der Waals surface area contributed by atoms with Crippen LogP contribution >= 0.6 is 0 Å². The summed E-state index contributed by atoms with van der Waals surface area (Å²) in [6.45, 7) is 9.76. The number of morpholine rings is 1. The number of benzene rings is 1. The number of hydrogen-bond acceptors (Lipinski definition) is 6. The highest BCUT2D eigenvalue weighted by molar-refractivity contribution is 5.43. The van der Waals surface area contributed by atoms with Crippen molar-refractivity contribution in [1.82, 2.24) is 14.7 Å². The van der Waals surface area contributed by atoms with E-state index in [2.05, 4.69) is 27.0 Å². The first-order chi connectivity index (χ1) is 14.6. The number of anilines is 1. The van der Waals surface area contributed by atoms with Crippen molar-refractivity contribution < 1.29 is 9.47 Å². The first-order valence-electron chi connectivity index (χ1n) is 11.0. The fourth-order valence-electron chi connectivity index (χ4n) is 4.30. The molecule has 0 radical (unpaired) electrons. The third kappa shape index (κ3) is 5.02. The number of rotatable bonds is 6. The molecule has 1 atom stereocenters. The quantitative estimate of drug-likeness (QED) is 0.727. The van der Waals surface area contributed by atoms with Crippen LogP contribution in [0.25, 0.3) is 0 Å². The fraction of sp³-hybridized carbons (Fsp3) is 0.565. The van der Waals surface area contributed by atoms with E-state index in [1.807, 2.05) is 32.2 Å². The van der Waals surface area contributed by atoms with Crippen molar-refractivity contribution in [2.45, 2.75) is 45.4 Å². The summed E-state index contributed by atoms with van der Waals surface area (Å²) in [6, 6.07) is 10.1. The van der Waals surface area contributed by atoms with Crippen LogP contribution < -0.4 is 15.2 Å². The smallest absolute Gasteiger partial charge is 0.269 e. The number of aromatic nitrogens is 2. The van der Waals surface area contributed by atoms with Crippen LogP contribution in [0.15, 0.2) is 41.3 Å². The number of piperidine rings is 1. The van der Waals surface area contributed by atoms with Gasteiger partial charge in [-0.3, -0.25) is 9.69 Å². The van der Waals surface area contributed by atoms with Gasteiger partial charge >= 0.3 is 0 Å². The zero-order valence-corrected chi connectivity index (χ0v) is 18.0. The molecule has 1 aromatic carbocycles. The molecule has 2 aliphatic rings. The number of para-hydroxylation sites is 1. The van der Waals surface area contributed by atoms with Gasteiger partial charge in [-0.1, -0.05) is 18.2 Å². The molecule has 30 heavy (non-hydrogen) atoms. The third-order valence-corrected chi connectivity index (χ3v) is 5.74. The zero-order valence-electron chi connectivity index (χ0n) is 18.0. The maximum atomic E-state index is 12.8. The summed E-state index contributed by atoms with van der Waals surface area (Å²) >= 11 is 0. The van der Waals surface area contributed by atoms with Crippen molar-refractivity contribution in [3.05, 3.63) is 52.4 Å². The first kappa shape index (κ1) is 20.9. The Bertz CT molecular complexity index is 892. The average Bonchev–Trinajstić information content (AvgIpc) is 2.75. The number of nitrogens with zero attached hydrogens (tertiary/aromatic N) is 4. The van der Waals surface area contributed by atoms with Gasteiger partial charge in [0.25, 0.3) is 5.56 Å². The van der Waals surface area contributed by atoms with Crippen LogP contribution in [0.5, 0.6) is 5.75 Å². The molecule has 2 aliphatic heterocycles. The number of hydrogen-bond donors (Lipinski definition) is 0. The van der Waals surface area contributed by atoms with E-state index in [4.69, 9.17) is 9.47 Å². The molecule has 0 N–H and O–H groups in total. The Morgan fingerprint density at radius 3 is 2.77 bits per heavy atom. The number of ether oxygens (including phenoxy) is 2. The molecule has 0 saturated carbocycles. The Morgan fingerprint density at radius 1 is 1.20 bits per heavy atom. The van der Waals surface area contributed by atoms with Crippen LogP contribution in [-0.4, -0.2) is 60.2 Å². The summed E-state index contributed by atoms with van der Waals surface area (Å²) in [5, 5.41) is 4.55. The van der Waals surface area contributed by atoms with E-state index < -0.39 is 0 Å². The lowest BCUT2D eigenvalue weighted by molar-refractivity contribution is 0.122. The summed E-state index contributed by atoms with van der Waals surface area (Å²) < 4.78 is 13.1. The molecule has 3 heterocycles. The normalized spacial score (nSPS) is 20.5. The lowest BCUT2D eigenvalue weighted by atomic mass is 10.0. The maximum Gasteiger partial charge on any atom is 0.269 e. The minimum absolute atomic E-state index is 0.0191. The molecule has 2 aromatic rings. The highest BCUT2D eigenvalue weighted by Crippen LogP contribution is 2.26. The summed E-state index contributed by atoms with van der Waals surface area (Å²) in [6.07, 6.45) is 4.01. The predicted octanol–water partition coefficient (Wildman–Crippen LogP) is 2.70. The topological polar surface area (TPSA) is 59.8 Å². The van der Waals surface area contributed by atoms with Gasteiger partial charge in [-0.05, 0) is 39.3 Å². The Kier molecular flexibility index (Phi) is 6.69. The van der Waals surface area contributed by atoms with E-state index in [1.165, 1.54) is 5.56 Å². The van der Waals surface area contributed by atoms with E-state index in [-0.39, 0.29) is 17.7 Å². The Balaban J connectivity index is 1.45. The largest absolute Gasteiger partial charge is 0.491 e. The Morgan fingerprint density at radius 2 is 2.00 bits per heavy atom. The molecule has 7 heteroatoms. The zero-order chi connectivity index (χ0) is 20.9. The van der Waals surface area contributed by atoms with Gasteiger partial charge in [0.15, 0.2) is 0 Å². The fourth-order valence-corrected chi connectivity index (χ4v) is 4.30. The highest BCUT2D eigenvalue weighted by atomic mass is 16.5. The van der Waals surface area contributed by atoms with Gasteiger partial charge < -0.3 is 14.4 Å². The molecular formula is C23H32N4O3. The molecule has 2 saturated heterocycles. The van der Waals surface area contributed by atoms with Gasteiger partial charge in [-0.15, -0.1) is 0 Å². The van der Waals surface area contributed by atoms with Crippen LogP contribution in [0, 0.1) is 0 Å². The summed E-state index contributed by atoms with van der Waals surface area (Å²) in [5.41, 5.74) is 2.07. The molecule has 0 aliphatic carbocycles. The monoisotopic (exact) mass is 412 g/mol. The van der Waals surface area contributed by atoms with E-state index in [0.29, 0.717) is 13.2 Å². The molecule has 0 bridgehead atoms. The molecule has 1 aromatic heterocycles. The molecule has 0 amide bonds. The third-order valence-electron chi connectivity index (χ3n) is 5.74. The molecule has 7 nitrogen and oxygen atoms in total. The molecule has 162 valence electrons. The molecule has 4 rings (SSSR count). The number of likely N-dealkylation sites (tertiary alicyclic amines) is 1. The van der Waals surface area contributed by atoms with Gasteiger partial charge in [0.1, 0.15) is 5.75 Å². The van der Waals surface area contributed by atoms with E-state index >= 15 is 0 Å². The summed E-state index contributed by atoms with van der Waals surface area (Å²) in [5.74, 6) is 0.944. The minimum atomic E-state index is -0.0191. The van der Waals surface area contributed by atoms with Crippen molar-refractivity contribution in [2.75, 3.05) is 44.3 Å². The minimum Gasteiger partial charge on any atom is -0.491 e. The molecular weight excluding hydrogens is 380 g/mol. The van der Waals surface area contributed by atoms with Crippen LogP contribution in [0.3, 0.4) is 0 Å². The van der Waals surface area contributed by atoms with Gasteiger partial charge in [0.05, 0.1) is 37.2 Å². The van der Waals surface area contributed by atoms with Gasteiger partial charge in [0, 0.05) is 37.8 Å². The van der Waals surface area contributed by atoms with E-state index in [9.17, 15) is 4.79 Å². The SMILES string of the molecule is CC(C)Oc1ccccc1CN1CCC[C@@H](n2ncc(N3CCOCC3)cc2=O)C1. The molecule has 0 spiro atoms. The predicted molar refractivity (Wildman–Crippen MR) is 117 cm³/mol. The Labute approximate surface area is 178 Å². The molecule has 0 unspecified atom stereocenters. The van der Waals surface area contributed by atoms with Crippen LogP contribution in [0.2, 0.25) is 0 Å². The average molecular weight is 413 g/mol. The van der Waals surface area contributed by atoms with Gasteiger partial charge in [-0.25, -0.2) is 4.68 Å². The van der Waals surface area contributed by atoms with Crippen molar-refractivity contribution in [3.8, 4) is 5.75 Å². The first-order valence-corrected chi connectivity index (χ1v) is 11.0. The standard InChI is InChI=1S/C23H32N4O3/c1-18(2)30-22-8-4-3-6-19(22)16-25-9-5-7-20(17-25)27-23(28)14-21(15-24-27)26-10-12-29-13-11-26/h3-4,6,8,14-15,18,20H,5,7,9-13,16-17H2,1-2H3/t20-/m1/s1. The van der Waals surface area contributed by atoms with Crippen LogP contribution in [0.4, 0.5) is 5.69 Å². The second-order valence-electron chi connectivity index (χ2n) is 8.40. The maximum absolute atomic E-state index is 12.8. The van der Waals surface area contributed by atoms with Crippen LogP contribution in [0.1, 0.15) is 38.3 Å². The van der Waals surface area contributed by atoms with Crippen LogP contribution in [-0.2, 0) is 11.3 Å². The van der Waals surface area contributed by atoms with E-state index in [1.54, 1.807) is 10.7 Å². The van der Waals surface area contributed by atoms with Crippen molar-refractivity contribution in [3.63, 3.8) is 0 Å². The second-order valence-corrected chi connectivity index (χ2v) is 8.40. The van der Waals surface area contributed by atoms with Crippen molar-refractivity contribution in [2.24, 2.45) is 0 Å². The van der Waals surface area contributed by atoms with Crippen molar-refractivity contribution in [1.29, 1.82) is 0 Å². The van der Waals surface area contributed by atoms with Crippen molar-refractivity contribution >= 4 is 5.69 Å². The van der Waals surface area contributed by atoms with E-state index in [0.717, 1.165) is 57.0 Å². The Hall–Kier alpha value is -2.38.